The third kappa shape index (κ3) is 2.89. The molecular formula is C22H16N2O3. The molecule has 1 saturated heterocycles. The SMILES string of the molecule is Cc1ccccc1N1C(=O)NC(=O)C(=Cc2cccc3ccccc23)C1=O. The summed E-state index contributed by atoms with van der Waals surface area (Å²) in [6.07, 6.45) is 1.54. The van der Waals surface area contributed by atoms with E-state index in [1.54, 1.807) is 25.1 Å². The molecule has 4 rings (SSSR count). The van der Waals surface area contributed by atoms with Crippen molar-refractivity contribution in [1.29, 1.82) is 0 Å². The summed E-state index contributed by atoms with van der Waals surface area (Å²) < 4.78 is 0. The number of carbonyl (C=O) groups is 3. The Morgan fingerprint density at radius 2 is 1.56 bits per heavy atom. The molecule has 1 heterocycles. The molecule has 1 fully saturated rings. The molecule has 0 aromatic heterocycles. The molecule has 0 aliphatic carbocycles. The monoisotopic (exact) mass is 356 g/mol. The second-order valence-corrected chi connectivity index (χ2v) is 6.31. The van der Waals surface area contributed by atoms with Gasteiger partial charge >= 0.3 is 6.03 Å². The minimum Gasteiger partial charge on any atom is -0.273 e. The summed E-state index contributed by atoms with van der Waals surface area (Å²) in [5.41, 5.74) is 1.89. The molecule has 0 unspecified atom stereocenters. The maximum Gasteiger partial charge on any atom is 0.335 e. The summed E-state index contributed by atoms with van der Waals surface area (Å²) in [6.45, 7) is 1.81. The first kappa shape index (κ1) is 16.7. The summed E-state index contributed by atoms with van der Waals surface area (Å²) in [6, 6.07) is 19.7. The van der Waals surface area contributed by atoms with Gasteiger partial charge < -0.3 is 0 Å². The third-order valence-electron chi connectivity index (χ3n) is 4.58. The first-order valence-corrected chi connectivity index (χ1v) is 8.51. The molecule has 4 amide bonds. The summed E-state index contributed by atoms with van der Waals surface area (Å²) in [5, 5.41) is 4.19. The van der Waals surface area contributed by atoms with Crippen molar-refractivity contribution in [3.63, 3.8) is 0 Å². The lowest BCUT2D eigenvalue weighted by Crippen LogP contribution is -2.54. The van der Waals surface area contributed by atoms with Crippen LogP contribution in [-0.4, -0.2) is 17.8 Å². The quantitative estimate of drug-likeness (QED) is 0.561. The molecule has 5 nitrogen and oxygen atoms in total. The van der Waals surface area contributed by atoms with E-state index in [0.717, 1.165) is 26.8 Å². The van der Waals surface area contributed by atoms with Crippen molar-refractivity contribution >= 4 is 40.4 Å². The molecule has 1 N–H and O–H groups in total. The van der Waals surface area contributed by atoms with Crippen LogP contribution < -0.4 is 10.2 Å². The summed E-state index contributed by atoms with van der Waals surface area (Å²) >= 11 is 0. The van der Waals surface area contributed by atoms with Crippen LogP contribution in [0.15, 0.2) is 72.3 Å². The first-order chi connectivity index (χ1) is 13.1. The Kier molecular flexibility index (Phi) is 4.05. The maximum absolute atomic E-state index is 13.0. The van der Waals surface area contributed by atoms with Crippen LogP contribution in [0, 0.1) is 6.92 Å². The van der Waals surface area contributed by atoms with Crippen molar-refractivity contribution in [1.82, 2.24) is 5.32 Å². The predicted molar refractivity (Wildman–Crippen MR) is 104 cm³/mol. The van der Waals surface area contributed by atoms with Crippen molar-refractivity contribution in [3.05, 3.63) is 83.4 Å². The van der Waals surface area contributed by atoms with Crippen molar-refractivity contribution < 1.29 is 14.4 Å². The van der Waals surface area contributed by atoms with Gasteiger partial charge in [0.2, 0.25) is 0 Å². The van der Waals surface area contributed by atoms with Crippen LogP contribution in [0.4, 0.5) is 10.5 Å². The molecule has 1 aliphatic heterocycles. The minimum atomic E-state index is -0.741. The number of imide groups is 2. The van der Waals surface area contributed by atoms with E-state index >= 15 is 0 Å². The van der Waals surface area contributed by atoms with E-state index in [0.29, 0.717) is 5.69 Å². The fourth-order valence-electron chi connectivity index (χ4n) is 3.22. The van der Waals surface area contributed by atoms with Crippen molar-refractivity contribution in [2.75, 3.05) is 4.90 Å². The van der Waals surface area contributed by atoms with Gasteiger partial charge in [-0.2, -0.15) is 0 Å². The van der Waals surface area contributed by atoms with E-state index in [1.165, 1.54) is 6.08 Å². The number of benzene rings is 3. The van der Waals surface area contributed by atoms with Gasteiger partial charge in [-0.15, -0.1) is 0 Å². The van der Waals surface area contributed by atoms with Gasteiger partial charge in [0.15, 0.2) is 0 Å². The van der Waals surface area contributed by atoms with Gasteiger partial charge in [-0.1, -0.05) is 60.7 Å². The summed E-state index contributed by atoms with van der Waals surface area (Å²) in [5.74, 6) is -1.33. The fraction of sp³-hybridized carbons (Fsp3) is 0.0455. The Morgan fingerprint density at radius 3 is 2.37 bits per heavy atom. The van der Waals surface area contributed by atoms with Crippen LogP contribution in [-0.2, 0) is 9.59 Å². The molecule has 0 saturated carbocycles. The van der Waals surface area contributed by atoms with Crippen molar-refractivity contribution in [2.45, 2.75) is 6.92 Å². The normalized spacial score (nSPS) is 16.1. The molecule has 3 aromatic rings. The van der Waals surface area contributed by atoms with Gasteiger partial charge in [-0.25, -0.2) is 9.69 Å². The van der Waals surface area contributed by atoms with Crippen LogP contribution in [0.25, 0.3) is 16.8 Å². The molecule has 132 valence electrons. The number of para-hydroxylation sites is 1. The van der Waals surface area contributed by atoms with Gasteiger partial charge in [0.05, 0.1) is 5.69 Å². The molecule has 0 atom stereocenters. The van der Waals surface area contributed by atoms with E-state index in [2.05, 4.69) is 5.32 Å². The van der Waals surface area contributed by atoms with Crippen LogP contribution in [0.5, 0.6) is 0 Å². The van der Waals surface area contributed by atoms with E-state index in [4.69, 9.17) is 0 Å². The number of anilines is 1. The second-order valence-electron chi connectivity index (χ2n) is 6.31. The number of nitrogens with zero attached hydrogens (tertiary/aromatic N) is 1. The van der Waals surface area contributed by atoms with Gasteiger partial charge in [0.25, 0.3) is 11.8 Å². The largest absolute Gasteiger partial charge is 0.335 e. The molecule has 0 bridgehead atoms. The first-order valence-electron chi connectivity index (χ1n) is 8.51. The Morgan fingerprint density at radius 1 is 0.852 bits per heavy atom. The number of hydrogen-bond donors (Lipinski definition) is 1. The van der Waals surface area contributed by atoms with Gasteiger partial charge in [0.1, 0.15) is 5.57 Å². The number of amides is 4. The molecule has 0 spiro atoms. The fourth-order valence-corrected chi connectivity index (χ4v) is 3.22. The predicted octanol–water partition coefficient (Wildman–Crippen LogP) is 3.81. The number of barbiturate groups is 1. The lowest BCUT2D eigenvalue weighted by atomic mass is 10.0. The van der Waals surface area contributed by atoms with Crippen LogP contribution in [0.3, 0.4) is 0 Å². The van der Waals surface area contributed by atoms with Gasteiger partial charge in [0, 0.05) is 0 Å². The standard InChI is InChI=1S/C22H16N2O3/c1-14-7-2-5-12-19(14)24-21(26)18(20(25)23-22(24)27)13-16-10-6-9-15-8-3-4-11-17(15)16/h2-13H,1H3,(H,23,25,27). The Balaban J connectivity index is 1.83. The number of hydrogen-bond acceptors (Lipinski definition) is 3. The number of carbonyl (C=O) groups excluding carboxylic acids is 3. The summed E-state index contributed by atoms with van der Waals surface area (Å²) in [7, 11) is 0. The number of rotatable bonds is 2. The summed E-state index contributed by atoms with van der Waals surface area (Å²) in [4.78, 5) is 38.7. The third-order valence-corrected chi connectivity index (χ3v) is 4.58. The van der Waals surface area contributed by atoms with E-state index < -0.39 is 17.8 Å². The zero-order chi connectivity index (χ0) is 19.0. The van der Waals surface area contributed by atoms with Gasteiger partial charge in [-0.3, -0.25) is 14.9 Å². The Bertz CT molecular complexity index is 1130. The number of nitrogens with one attached hydrogen (secondary N) is 1. The molecule has 27 heavy (non-hydrogen) atoms. The number of fused-ring (bicyclic) bond motifs is 1. The average molecular weight is 356 g/mol. The highest BCUT2D eigenvalue weighted by Crippen LogP contribution is 2.26. The zero-order valence-electron chi connectivity index (χ0n) is 14.6. The van der Waals surface area contributed by atoms with Crippen molar-refractivity contribution in [2.24, 2.45) is 0 Å². The average Bonchev–Trinajstić information content (AvgIpc) is 2.66. The van der Waals surface area contributed by atoms with Crippen LogP contribution >= 0.6 is 0 Å². The van der Waals surface area contributed by atoms with E-state index in [-0.39, 0.29) is 5.57 Å². The highest BCUT2D eigenvalue weighted by atomic mass is 16.2. The lowest BCUT2D eigenvalue weighted by molar-refractivity contribution is -0.122. The van der Waals surface area contributed by atoms with Crippen LogP contribution in [0.1, 0.15) is 11.1 Å². The van der Waals surface area contributed by atoms with Crippen molar-refractivity contribution in [3.8, 4) is 0 Å². The topological polar surface area (TPSA) is 66.5 Å². The smallest absolute Gasteiger partial charge is 0.273 e. The molecule has 0 radical (unpaired) electrons. The van der Waals surface area contributed by atoms with E-state index in [9.17, 15) is 14.4 Å². The minimum absolute atomic E-state index is 0.0748. The Hall–Kier alpha value is -3.73. The van der Waals surface area contributed by atoms with E-state index in [1.807, 2.05) is 48.5 Å². The highest BCUT2D eigenvalue weighted by Gasteiger charge is 2.37. The lowest BCUT2D eigenvalue weighted by Gasteiger charge is -2.27. The zero-order valence-corrected chi connectivity index (χ0v) is 14.6. The molecule has 5 heteroatoms. The molecular weight excluding hydrogens is 340 g/mol. The molecule has 1 aliphatic rings. The van der Waals surface area contributed by atoms with Gasteiger partial charge in [-0.05, 0) is 41.0 Å². The number of urea groups is 1. The second kappa shape index (κ2) is 6.53. The van der Waals surface area contributed by atoms with Crippen LogP contribution in [0.2, 0.25) is 0 Å². The maximum atomic E-state index is 13.0. The highest BCUT2D eigenvalue weighted by molar-refractivity contribution is 6.39. The molecule has 3 aromatic carbocycles. The Labute approximate surface area is 155 Å². The number of aryl methyl sites for hydroxylation is 1.